The molecule has 0 unspecified atom stereocenters. The van der Waals surface area contributed by atoms with Crippen LogP contribution in [0.25, 0.3) is 0 Å². The van der Waals surface area contributed by atoms with Crippen molar-refractivity contribution in [3.8, 4) is 0 Å². The van der Waals surface area contributed by atoms with E-state index >= 15 is 0 Å². The van der Waals surface area contributed by atoms with E-state index in [2.05, 4.69) is 33.0 Å². The third-order valence-electron chi connectivity index (χ3n) is 2.96. The Morgan fingerprint density at radius 3 is 2.08 bits per heavy atom. The summed E-state index contributed by atoms with van der Waals surface area (Å²) in [4.78, 5) is 0. The second-order valence-electron chi connectivity index (χ2n) is 5.23. The highest BCUT2D eigenvalue weighted by Crippen LogP contribution is 2.43. The van der Waals surface area contributed by atoms with E-state index < -0.39 is 0 Å². The fraction of sp³-hybridized carbons (Fsp3) is 0.818. The molecule has 2 heteroatoms. The first-order valence-corrected chi connectivity index (χ1v) is 5.03. The summed E-state index contributed by atoms with van der Waals surface area (Å²) in [6, 6.07) is 0. The molecule has 0 saturated carbocycles. The number of hydrogen-bond donors (Lipinski definition) is 1. The van der Waals surface area contributed by atoms with Gasteiger partial charge in [-0.3, -0.25) is 0 Å². The molecule has 2 saturated heterocycles. The molecule has 2 aliphatic rings. The lowest BCUT2D eigenvalue weighted by Crippen LogP contribution is -2.37. The molecule has 2 fully saturated rings. The van der Waals surface area contributed by atoms with Crippen molar-refractivity contribution in [2.45, 2.75) is 45.3 Å². The Hall–Kier alpha value is -0.340. The van der Waals surface area contributed by atoms with Crippen LogP contribution >= 0.6 is 0 Å². The Morgan fingerprint density at radius 1 is 1.15 bits per heavy atom. The molecule has 0 radical (unpaired) electrons. The molecule has 0 spiro atoms. The summed E-state index contributed by atoms with van der Waals surface area (Å²) in [5.41, 5.74) is 3.08. The highest BCUT2D eigenvalue weighted by molar-refractivity contribution is 5.33. The van der Waals surface area contributed by atoms with E-state index in [1.807, 2.05) is 0 Å². The molecule has 74 valence electrons. The zero-order valence-corrected chi connectivity index (χ0v) is 9.03. The van der Waals surface area contributed by atoms with Crippen LogP contribution < -0.4 is 5.32 Å². The second kappa shape index (κ2) is 2.58. The van der Waals surface area contributed by atoms with E-state index in [0.717, 1.165) is 19.5 Å². The van der Waals surface area contributed by atoms with E-state index in [9.17, 15) is 0 Å². The van der Waals surface area contributed by atoms with Gasteiger partial charge in [-0.2, -0.15) is 0 Å². The fourth-order valence-corrected chi connectivity index (χ4v) is 2.44. The first-order chi connectivity index (χ1) is 5.91. The predicted molar refractivity (Wildman–Crippen MR) is 53.8 cm³/mol. The van der Waals surface area contributed by atoms with Crippen molar-refractivity contribution in [3.63, 3.8) is 0 Å². The predicted octanol–water partition coefficient (Wildman–Crippen LogP) is 1.86. The number of ether oxygens (including phenoxy) is 1. The van der Waals surface area contributed by atoms with Crippen molar-refractivity contribution in [2.75, 3.05) is 13.1 Å². The monoisotopic (exact) mass is 181 g/mol. The highest BCUT2D eigenvalue weighted by Gasteiger charge is 2.43. The number of nitrogens with one attached hydrogen (secondary N) is 1. The van der Waals surface area contributed by atoms with Crippen LogP contribution in [0.2, 0.25) is 0 Å². The van der Waals surface area contributed by atoms with Crippen LogP contribution in [0.15, 0.2) is 11.1 Å². The molecule has 0 aromatic rings. The SMILES string of the molecule is CC1(C)CC(=C2CNC2)C(C)(C)O1. The zero-order valence-electron chi connectivity index (χ0n) is 9.03. The first-order valence-electron chi connectivity index (χ1n) is 5.03. The molecule has 0 aliphatic carbocycles. The summed E-state index contributed by atoms with van der Waals surface area (Å²) in [5, 5.41) is 3.29. The van der Waals surface area contributed by atoms with Gasteiger partial charge >= 0.3 is 0 Å². The van der Waals surface area contributed by atoms with Gasteiger partial charge in [0, 0.05) is 19.5 Å². The molecule has 1 N–H and O–H groups in total. The summed E-state index contributed by atoms with van der Waals surface area (Å²) in [6.45, 7) is 10.9. The molecular weight excluding hydrogens is 162 g/mol. The average molecular weight is 181 g/mol. The van der Waals surface area contributed by atoms with Crippen molar-refractivity contribution in [2.24, 2.45) is 0 Å². The normalized spacial score (nSPS) is 30.5. The van der Waals surface area contributed by atoms with Gasteiger partial charge < -0.3 is 10.1 Å². The molecule has 0 bridgehead atoms. The minimum Gasteiger partial charge on any atom is -0.365 e. The van der Waals surface area contributed by atoms with E-state index in [0.29, 0.717) is 0 Å². The van der Waals surface area contributed by atoms with E-state index in [1.54, 1.807) is 5.57 Å². The average Bonchev–Trinajstić information content (AvgIpc) is 1.95. The quantitative estimate of drug-likeness (QED) is 0.576. The van der Waals surface area contributed by atoms with Crippen molar-refractivity contribution < 1.29 is 4.74 Å². The molecule has 2 nitrogen and oxygen atoms in total. The Morgan fingerprint density at radius 2 is 1.77 bits per heavy atom. The minimum atomic E-state index is -0.0407. The molecule has 2 rings (SSSR count). The molecule has 0 aromatic carbocycles. The van der Waals surface area contributed by atoms with Gasteiger partial charge in [0.2, 0.25) is 0 Å². The Labute approximate surface area is 80.4 Å². The molecular formula is C11H19NO. The summed E-state index contributed by atoms with van der Waals surface area (Å²) >= 11 is 0. The first kappa shape index (κ1) is 9.22. The molecule has 0 aromatic heterocycles. The lowest BCUT2D eigenvalue weighted by atomic mass is 9.87. The van der Waals surface area contributed by atoms with Crippen molar-refractivity contribution in [1.82, 2.24) is 5.32 Å². The second-order valence-corrected chi connectivity index (χ2v) is 5.23. The Balaban J connectivity index is 2.30. The van der Waals surface area contributed by atoms with E-state index in [4.69, 9.17) is 4.74 Å². The van der Waals surface area contributed by atoms with Gasteiger partial charge in [0.15, 0.2) is 0 Å². The third kappa shape index (κ3) is 1.53. The maximum atomic E-state index is 6.02. The molecule has 0 amide bonds. The van der Waals surface area contributed by atoms with Crippen LogP contribution in [0.5, 0.6) is 0 Å². The van der Waals surface area contributed by atoms with Gasteiger partial charge in [0.1, 0.15) is 0 Å². The van der Waals surface area contributed by atoms with Crippen LogP contribution in [0.3, 0.4) is 0 Å². The molecule has 0 atom stereocenters. The maximum absolute atomic E-state index is 6.02. The zero-order chi connectivity index (χ0) is 9.69. The maximum Gasteiger partial charge on any atom is 0.0847 e. The van der Waals surface area contributed by atoms with Gasteiger partial charge in [-0.05, 0) is 38.8 Å². The third-order valence-corrected chi connectivity index (χ3v) is 2.96. The summed E-state index contributed by atoms with van der Waals surface area (Å²) < 4.78 is 6.02. The Kier molecular flexibility index (Phi) is 1.83. The lowest BCUT2D eigenvalue weighted by molar-refractivity contribution is -0.0569. The van der Waals surface area contributed by atoms with Crippen LogP contribution in [-0.4, -0.2) is 24.3 Å². The number of rotatable bonds is 0. The topological polar surface area (TPSA) is 21.3 Å². The van der Waals surface area contributed by atoms with Crippen molar-refractivity contribution >= 4 is 0 Å². The van der Waals surface area contributed by atoms with Crippen LogP contribution in [0.4, 0.5) is 0 Å². The van der Waals surface area contributed by atoms with Crippen LogP contribution in [-0.2, 0) is 4.74 Å². The fourth-order valence-electron chi connectivity index (χ4n) is 2.44. The largest absolute Gasteiger partial charge is 0.365 e. The molecule has 2 aliphatic heterocycles. The smallest absolute Gasteiger partial charge is 0.0847 e. The van der Waals surface area contributed by atoms with Gasteiger partial charge in [-0.1, -0.05) is 0 Å². The minimum absolute atomic E-state index is 0.0292. The highest BCUT2D eigenvalue weighted by atomic mass is 16.5. The lowest BCUT2D eigenvalue weighted by Gasteiger charge is -2.28. The standard InChI is InChI=1S/C11H19NO/c1-10(2)5-9(8-6-12-7-8)11(3,4)13-10/h12H,5-7H2,1-4H3. The van der Waals surface area contributed by atoms with Crippen molar-refractivity contribution in [1.29, 1.82) is 0 Å². The molecule has 2 heterocycles. The van der Waals surface area contributed by atoms with Gasteiger partial charge in [0.05, 0.1) is 11.2 Å². The van der Waals surface area contributed by atoms with Crippen LogP contribution in [0.1, 0.15) is 34.1 Å². The van der Waals surface area contributed by atoms with Crippen molar-refractivity contribution in [3.05, 3.63) is 11.1 Å². The summed E-state index contributed by atoms with van der Waals surface area (Å²) in [6.07, 6.45) is 1.09. The van der Waals surface area contributed by atoms with Crippen LogP contribution in [0, 0.1) is 0 Å². The van der Waals surface area contributed by atoms with E-state index in [1.165, 1.54) is 5.57 Å². The summed E-state index contributed by atoms with van der Waals surface area (Å²) in [5.74, 6) is 0. The summed E-state index contributed by atoms with van der Waals surface area (Å²) in [7, 11) is 0. The van der Waals surface area contributed by atoms with Gasteiger partial charge in [0.25, 0.3) is 0 Å². The van der Waals surface area contributed by atoms with E-state index in [-0.39, 0.29) is 11.2 Å². The van der Waals surface area contributed by atoms with Gasteiger partial charge in [-0.15, -0.1) is 0 Å². The molecule has 13 heavy (non-hydrogen) atoms. The Bertz CT molecular complexity index is 257. The number of hydrogen-bond acceptors (Lipinski definition) is 2. The van der Waals surface area contributed by atoms with Gasteiger partial charge in [-0.25, -0.2) is 0 Å².